The first kappa shape index (κ1) is 40.6. The van der Waals surface area contributed by atoms with Crippen LogP contribution in [0.4, 0.5) is 13.2 Å². The molecule has 8 rings (SSSR count). The zero-order valence-corrected chi connectivity index (χ0v) is 36.5. The van der Waals surface area contributed by atoms with Gasteiger partial charge in [-0.15, -0.1) is 0 Å². The normalized spacial score (nSPS) is 45.6. The second-order valence-electron chi connectivity index (χ2n) is 18.9. The summed E-state index contributed by atoms with van der Waals surface area (Å²) in [6, 6.07) is 0. The predicted octanol–water partition coefficient (Wildman–Crippen LogP) is 12.9. The number of carbonyl (C=O) groups is 1. The van der Waals surface area contributed by atoms with Crippen molar-refractivity contribution in [3.05, 3.63) is 35.1 Å². The van der Waals surface area contributed by atoms with E-state index in [1.54, 1.807) is 17.2 Å². The predicted molar refractivity (Wildman–Crippen MR) is 214 cm³/mol. The lowest BCUT2D eigenvalue weighted by atomic mass is 9.47. The highest BCUT2D eigenvalue weighted by Gasteiger charge is 2.60. The van der Waals surface area contributed by atoms with Crippen LogP contribution in [0.2, 0.25) is 0 Å². The summed E-state index contributed by atoms with van der Waals surface area (Å²) in [4.78, 5) is 12.4. The lowest BCUT2D eigenvalue weighted by Gasteiger charge is -2.57. The van der Waals surface area contributed by atoms with E-state index in [0.717, 1.165) is 49.9 Å². The summed E-state index contributed by atoms with van der Waals surface area (Å²) < 4.78 is 66.3. The molecular formula is C41H59F3I2O4S. The van der Waals surface area contributed by atoms with Crippen LogP contribution in [-0.4, -0.2) is 19.7 Å². The Kier molecular flexibility index (Phi) is 11.5. The molecule has 8 aliphatic rings. The van der Waals surface area contributed by atoms with Crippen molar-refractivity contribution in [1.82, 2.24) is 0 Å². The zero-order chi connectivity index (χ0) is 37.4. The average Bonchev–Trinajstić information content (AvgIpc) is 3.57. The first-order valence-electron chi connectivity index (χ1n) is 19.6. The van der Waals surface area contributed by atoms with Crippen molar-refractivity contribution in [2.75, 3.05) is 0 Å². The topological polar surface area (TPSA) is 60.4 Å². The van der Waals surface area contributed by atoms with Gasteiger partial charge in [-0.3, -0.25) is 4.79 Å². The molecule has 6 unspecified atom stereocenters. The van der Waals surface area contributed by atoms with E-state index >= 15 is 0 Å². The molecule has 0 heterocycles. The third-order valence-corrected chi connectivity index (χ3v) is 17.4. The Balaban J connectivity index is 0.000000173. The number of alkyl halides is 3. The number of halogens is 5. The van der Waals surface area contributed by atoms with Crippen molar-refractivity contribution in [2.24, 2.45) is 69.0 Å². The number of fused-ring (bicyclic) bond motifs is 10. The molecule has 288 valence electrons. The number of allylic oxidation sites excluding steroid dienone is 6. The first-order valence-corrected chi connectivity index (χ1v) is 27.3. The highest BCUT2D eigenvalue weighted by molar-refractivity contribution is 15.0. The van der Waals surface area contributed by atoms with E-state index in [-0.39, 0.29) is 22.5 Å². The lowest BCUT2D eigenvalue weighted by molar-refractivity contribution is -0.131. The molecular weight excluding hydrogens is 899 g/mol. The molecule has 0 saturated heterocycles. The van der Waals surface area contributed by atoms with Gasteiger partial charge in [0.15, 0.2) is 0 Å². The second-order valence-corrected chi connectivity index (χ2v) is 20.4. The summed E-state index contributed by atoms with van der Waals surface area (Å²) in [5.41, 5.74) is -2.02. The van der Waals surface area contributed by atoms with Crippen LogP contribution in [0.1, 0.15) is 138 Å². The van der Waals surface area contributed by atoms with Gasteiger partial charge in [-0.2, -0.15) is 21.6 Å². The van der Waals surface area contributed by atoms with Gasteiger partial charge in [0, 0.05) is 54.5 Å². The summed E-state index contributed by atoms with van der Waals surface area (Å²) in [6.45, 7) is 13.8. The van der Waals surface area contributed by atoms with Gasteiger partial charge in [-0.25, -0.2) is 0 Å². The van der Waals surface area contributed by atoms with Crippen LogP contribution >= 0.6 is 37.2 Å². The molecule has 12 atom stereocenters. The van der Waals surface area contributed by atoms with Crippen molar-refractivity contribution >= 4 is 53.1 Å². The van der Waals surface area contributed by atoms with Gasteiger partial charge in [-0.05, 0) is 154 Å². The van der Waals surface area contributed by atoms with Crippen LogP contribution in [0.25, 0.3) is 0 Å². The Bertz CT molecular complexity index is 1570. The molecule has 0 spiro atoms. The molecule has 5 fully saturated rings. The van der Waals surface area contributed by atoms with Gasteiger partial charge in [-0.1, -0.05) is 64.8 Å². The van der Waals surface area contributed by atoms with Crippen molar-refractivity contribution in [1.29, 1.82) is 0 Å². The number of ketones is 1. The van der Waals surface area contributed by atoms with Crippen molar-refractivity contribution in [3.8, 4) is 0 Å². The van der Waals surface area contributed by atoms with Crippen LogP contribution in [0.15, 0.2) is 35.1 Å². The minimum absolute atomic E-state index is 0.00507. The quantitative estimate of drug-likeness (QED) is 0.120. The SMILES string of the molecule is C[C@H]1CC[C@@]2(C)C(=CCC3C2CC[C@]2(C)C(=O)CCC32)C1.C[C@H]1CC[C@@]2(C)C(=CCC3C2CC[C@]2(C)C(OS(=O)(=O)C(F)(F)F)=CCC32)C1.II. The van der Waals surface area contributed by atoms with E-state index < -0.39 is 21.0 Å². The lowest BCUT2D eigenvalue weighted by Crippen LogP contribution is -2.50. The van der Waals surface area contributed by atoms with E-state index in [2.05, 4.69) is 88.2 Å². The van der Waals surface area contributed by atoms with Gasteiger partial charge in [0.2, 0.25) is 0 Å². The second kappa shape index (κ2) is 14.4. The monoisotopic (exact) mass is 958 g/mol. The standard InChI is InChI=1S/C21H29F3O3S.C20H30O.I2/c1-13-8-10-19(2)14(12-13)4-5-15-16-6-7-18(20(16,3)11-9-17(15)19)27-28(25,26)21(22,23)24;1-13-8-10-19(2)14(12-13)4-5-15-16-6-7-18(21)20(16,3)11-9-17(15)19;1-2/h4,7,13,15-17H,5-6,8-12H2,1-3H3;4,13,15-17H,5-12H2,1-3H3;/t2*13-,15?,16?,17?,19-,20-;/m00./s1. The Labute approximate surface area is 328 Å². The molecule has 51 heavy (non-hydrogen) atoms. The molecule has 5 saturated carbocycles. The molecule has 0 amide bonds. The molecule has 0 N–H and O–H groups in total. The highest BCUT2D eigenvalue weighted by Crippen LogP contribution is 2.66. The van der Waals surface area contributed by atoms with E-state index in [1.807, 2.05) is 6.92 Å². The number of carbonyl (C=O) groups excluding carboxylic acids is 1. The third-order valence-electron chi connectivity index (χ3n) is 16.4. The van der Waals surface area contributed by atoms with Crippen molar-refractivity contribution in [3.63, 3.8) is 0 Å². The molecule has 0 aromatic carbocycles. The Hall–Kier alpha value is -0.110. The maximum Gasteiger partial charge on any atom is 0.534 e. The van der Waals surface area contributed by atoms with E-state index in [0.29, 0.717) is 47.7 Å². The molecule has 0 aliphatic heterocycles. The van der Waals surface area contributed by atoms with E-state index in [4.69, 9.17) is 0 Å². The van der Waals surface area contributed by atoms with Crippen LogP contribution < -0.4 is 0 Å². The minimum atomic E-state index is -5.62. The smallest absolute Gasteiger partial charge is 0.380 e. The van der Waals surface area contributed by atoms with Gasteiger partial charge >= 0.3 is 15.6 Å². The number of hydrogen-bond acceptors (Lipinski definition) is 4. The van der Waals surface area contributed by atoms with E-state index in [1.165, 1.54) is 51.4 Å². The summed E-state index contributed by atoms with van der Waals surface area (Å²) in [6.07, 6.45) is 23.1. The molecule has 4 nitrogen and oxygen atoms in total. The maximum absolute atomic E-state index is 12.8. The van der Waals surface area contributed by atoms with Crippen molar-refractivity contribution in [2.45, 2.75) is 143 Å². The van der Waals surface area contributed by atoms with Crippen LogP contribution in [0.3, 0.4) is 0 Å². The number of hydrogen-bond donors (Lipinski definition) is 0. The molecule has 8 aliphatic carbocycles. The number of Topliss-reactive ketones (excluding diaryl/α,β-unsaturated/α-hetero) is 1. The summed E-state index contributed by atoms with van der Waals surface area (Å²) in [5.74, 6) is 5.52. The summed E-state index contributed by atoms with van der Waals surface area (Å²) >= 11 is 4.24. The Morgan fingerprint density at radius 2 is 1.12 bits per heavy atom. The largest absolute Gasteiger partial charge is 0.534 e. The van der Waals surface area contributed by atoms with Gasteiger partial charge < -0.3 is 4.18 Å². The van der Waals surface area contributed by atoms with Crippen molar-refractivity contribution < 1.29 is 30.6 Å². The third kappa shape index (κ3) is 6.78. The molecule has 0 aromatic rings. The molecule has 0 aromatic heterocycles. The van der Waals surface area contributed by atoms with Gasteiger partial charge in [0.1, 0.15) is 11.5 Å². The first-order chi connectivity index (χ1) is 23.8. The fourth-order valence-electron chi connectivity index (χ4n) is 13.3. The number of rotatable bonds is 2. The molecule has 0 radical (unpaired) electrons. The van der Waals surface area contributed by atoms with E-state index in [9.17, 15) is 26.4 Å². The van der Waals surface area contributed by atoms with Gasteiger partial charge in [0.05, 0.1) is 0 Å². The van der Waals surface area contributed by atoms with Gasteiger partial charge in [0.25, 0.3) is 0 Å². The fraction of sp³-hybridized carbons (Fsp3) is 0.829. The highest BCUT2D eigenvalue weighted by atomic mass is 128. The fourth-order valence-corrected chi connectivity index (χ4v) is 13.9. The molecule has 0 bridgehead atoms. The van der Waals surface area contributed by atoms with Crippen LogP contribution in [0.5, 0.6) is 0 Å². The minimum Gasteiger partial charge on any atom is -0.380 e. The van der Waals surface area contributed by atoms with Crippen LogP contribution in [0, 0.1) is 69.0 Å². The summed E-state index contributed by atoms with van der Waals surface area (Å²) in [7, 11) is -5.62. The maximum atomic E-state index is 12.8. The Morgan fingerprint density at radius 3 is 1.63 bits per heavy atom. The summed E-state index contributed by atoms with van der Waals surface area (Å²) in [5, 5.41) is 0. The Morgan fingerprint density at radius 1 is 0.667 bits per heavy atom. The molecule has 10 heteroatoms. The van der Waals surface area contributed by atoms with Crippen LogP contribution in [-0.2, 0) is 19.1 Å². The zero-order valence-electron chi connectivity index (χ0n) is 31.4. The average molecular weight is 959 g/mol.